The first-order valence-corrected chi connectivity index (χ1v) is 9.84. The Morgan fingerprint density at radius 2 is 2.18 bits per heavy atom. The predicted octanol–water partition coefficient (Wildman–Crippen LogP) is 2.80. The van der Waals surface area contributed by atoms with Crippen LogP contribution >= 0.6 is 34.4 Å². The van der Waals surface area contributed by atoms with Gasteiger partial charge in [-0.15, -0.1) is 22.7 Å². The average Bonchev–Trinajstić information content (AvgIpc) is 3.17. The normalized spacial score (nSPS) is 11.6. The van der Waals surface area contributed by atoms with Crippen molar-refractivity contribution in [2.45, 2.75) is 24.1 Å². The number of nitrogens with zero attached hydrogens (tertiary/aromatic N) is 3. The molecule has 8 heteroatoms. The van der Waals surface area contributed by atoms with Crippen molar-refractivity contribution < 1.29 is 0 Å². The lowest BCUT2D eigenvalue weighted by molar-refractivity contribution is 0.775. The summed E-state index contributed by atoms with van der Waals surface area (Å²) >= 11 is 5.25. The molecule has 0 atom stereocenters. The second-order valence-electron chi connectivity index (χ2n) is 4.54. The van der Waals surface area contributed by atoms with Crippen LogP contribution in [0.5, 0.6) is 0 Å². The molecular formula is C14H21N5S3. The Kier molecular flexibility index (Phi) is 7.68. The van der Waals surface area contributed by atoms with Crippen molar-refractivity contribution in [3.63, 3.8) is 0 Å². The van der Waals surface area contributed by atoms with Crippen LogP contribution in [0.2, 0.25) is 0 Å². The van der Waals surface area contributed by atoms with Crippen LogP contribution in [0.3, 0.4) is 0 Å². The Labute approximate surface area is 143 Å². The summed E-state index contributed by atoms with van der Waals surface area (Å²) in [6.45, 7) is 3.84. The molecule has 0 radical (unpaired) electrons. The smallest absolute Gasteiger partial charge is 0.190 e. The Morgan fingerprint density at radius 3 is 2.86 bits per heavy atom. The maximum atomic E-state index is 4.36. The van der Waals surface area contributed by atoms with Crippen molar-refractivity contribution in [1.29, 1.82) is 0 Å². The van der Waals surface area contributed by atoms with Crippen molar-refractivity contribution in [2.24, 2.45) is 4.99 Å². The van der Waals surface area contributed by atoms with E-state index in [2.05, 4.69) is 32.5 Å². The summed E-state index contributed by atoms with van der Waals surface area (Å²) in [6, 6.07) is 0. The van der Waals surface area contributed by atoms with E-state index in [4.69, 9.17) is 0 Å². The van der Waals surface area contributed by atoms with Crippen molar-refractivity contribution in [3.8, 4) is 0 Å². The largest absolute Gasteiger partial charge is 0.356 e. The van der Waals surface area contributed by atoms with Gasteiger partial charge < -0.3 is 10.6 Å². The van der Waals surface area contributed by atoms with Gasteiger partial charge >= 0.3 is 0 Å². The molecule has 0 aliphatic carbocycles. The molecule has 0 saturated carbocycles. The van der Waals surface area contributed by atoms with Gasteiger partial charge in [-0.1, -0.05) is 11.8 Å². The van der Waals surface area contributed by atoms with Crippen LogP contribution < -0.4 is 10.6 Å². The van der Waals surface area contributed by atoms with Crippen LogP contribution in [0.4, 0.5) is 0 Å². The summed E-state index contributed by atoms with van der Waals surface area (Å²) < 4.78 is 1.14. The molecule has 2 aromatic rings. The highest BCUT2D eigenvalue weighted by atomic mass is 32.2. The summed E-state index contributed by atoms with van der Waals surface area (Å²) in [5, 5.41) is 9.83. The van der Waals surface area contributed by atoms with E-state index in [-0.39, 0.29) is 0 Å². The van der Waals surface area contributed by atoms with E-state index in [1.807, 2.05) is 17.8 Å². The lowest BCUT2D eigenvalue weighted by atomic mass is 10.4. The molecule has 0 amide bonds. The third-order valence-corrected chi connectivity index (χ3v) is 5.80. The van der Waals surface area contributed by atoms with E-state index in [1.54, 1.807) is 41.5 Å². The third-order valence-electron chi connectivity index (χ3n) is 2.77. The van der Waals surface area contributed by atoms with Crippen LogP contribution in [-0.4, -0.2) is 41.8 Å². The number of aromatic nitrogens is 2. The van der Waals surface area contributed by atoms with Gasteiger partial charge in [-0.05, 0) is 13.3 Å². The quantitative estimate of drug-likeness (QED) is 0.330. The zero-order valence-corrected chi connectivity index (χ0v) is 15.3. The van der Waals surface area contributed by atoms with Gasteiger partial charge in [-0.3, -0.25) is 4.99 Å². The lowest BCUT2D eigenvalue weighted by Crippen LogP contribution is -2.38. The van der Waals surface area contributed by atoms with Gasteiger partial charge in [0.2, 0.25) is 0 Å². The SMILES string of the molecule is CN=C(NCCCSc1nccs1)NCCc1ncc(C)s1. The van der Waals surface area contributed by atoms with Gasteiger partial charge in [-0.2, -0.15) is 0 Å². The zero-order chi connectivity index (χ0) is 15.6. The topological polar surface area (TPSA) is 62.2 Å². The van der Waals surface area contributed by atoms with Gasteiger partial charge in [0.05, 0.1) is 5.01 Å². The summed E-state index contributed by atoms with van der Waals surface area (Å²) in [5.74, 6) is 1.92. The molecular weight excluding hydrogens is 334 g/mol. The minimum absolute atomic E-state index is 0.848. The average molecular weight is 356 g/mol. The molecule has 120 valence electrons. The van der Waals surface area contributed by atoms with Gasteiger partial charge in [0, 0.05) is 55.0 Å². The minimum Gasteiger partial charge on any atom is -0.356 e. The van der Waals surface area contributed by atoms with E-state index in [0.717, 1.165) is 42.0 Å². The fourth-order valence-electron chi connectivity index (χ4n) is 1.75. The summed E-state index contributed by atoms with van der Waals surface area (Å²) in [5.41, 5.74) is 0. The molecule has 0 spiro atoms. The number of rotatable bonds is 8. The number of nitrogens with one attached hydrogen (secondary N) is 2. The lowest BCUT2D eigenvalue weighted by Gasteiger charge is -2.10. The molecule has 5 nitrogen and oxygen atoms in total. The Balaban J connectivity index is 1.55. The summed E-state index contributed by atoms with van der Waals surface area (Å²) in [4.78, 5) is 14.1. The number of aryl methyl sites for hydroxylation is 1. The summed E-state index contributed by atoms with van der Waals surface area (Å²) in [6.07, 6.45) is 5.78. The molecule has 22 heavy (non-hydrogen) atoms. The molecule has 2 N–H and O–H groups in total. The summed E-state index contributed by atoms with van der Waals surface area (Å²) in [7, 11) is 1.80. The highest BCUT2D eigenvalue weighted by Gasteiger charge is 2.01. The first-order chi connectivity index (χ1) is 10.8. The standard InChI is InChI=1S/C14H21N5S3/c1-11-10-19-12(22-11)4-6-17-13(15-2)16-5-3-8-20-14-18-7-9-21-14/h7,9-10H,3-6,8H2,1-2H3,(H2,15,16,17). The number of thioether (sulfide) groups is 1. The molecule has 2 heterocycles. The van der Waals surface area contributed by atoms with Crippen molar-refractivity contribution in [2.75, 3.05) is 25.9 Å². The van der Waals surface area contributed by atoms with Gasteiger partial charge in [-0.25, -0.2) is 9.97 Å². The van der Waals surface area contributed by atoms with Crippen LogP contribution in [0.15, 0.2) is 27.1 Å². The van der Waals surface area contributed by atoms with E-state index in [9.17, 15) is 0 Å². The van der Waals surface area contributed by atoms with E-state index in [0.29, 0.717) is 0 Å². The second-order valence-corrected chi connectivity index (χ2v) is 8.10. The maximum Gasteiger partial charge on any atom is 0.190 e. The number of hydrogen-bond donors (Lipinski definition) is 2. The first-order valence-electron chi connectivity index (χ1n) is 7.16. The number of guanidine groups is 1. The third kappa shape index (κ3) is 6.33. The highest BCUT2D eigenvalue weighted by Crippen LogP contribution is 2.20. The van der Waals surface area contributed by atoms with E-state index in [1.165, 1.54) is 9.88 Å². The van der Waals surface area contributed by atoms with Gasteiger partial charge in [0.1, 0.15) is 4.34 Å². The molecule has 2 aromatic heterocycles. The fourth-order valence-corrected chi connectivity index (χ4v) is 4.18. The van der Waals surface area contributed by atoms with Gasteiger partial charge in [0.15, 0.2) is 5.96 Å². The zero-order valence-electron chi connectivity index (χ0n) is 12.8. The molecule has 0 aliphatic heterocycles. The van der Waals surface area contributed by atoms with Crippen LogP contribution in [0, 0.1) is 6.92 Å². The van der Waals surface area contributed by atoms with Crippen molar-refractivity contribution >= 4 is 40.4 Å². The highest BCUT2D eigenvalue weighted by molar-refractivity contribution is 8.00. The molecule has 2 rings (SSSR count). The molecule has 0 fully saturated rings. The van der Waals surface area contributed by atoms with Crippen LogP contribution in [0.1, 0.15) is 16.3 Å². The minimum atomic E-state index is 0.848. The monoisotopic (exact) mass is 355 g/mol. The molecule has 0 unspecified atom stereocenters. The Bertz CT molecular complexity index is 565. The van der Waals surface area contributed by atoms with Crippen LogP contribution in [-0.2, 0) is 6.42 Å². The molecule has 0 aliphatic rings. The second kappa shape index (κ2) is 9.81. The fraction of sp³-hybridized carbons (Fsp3) is 0.500. The Morgan fingerprint density at radius 1 is 1.32 bits per heavy atom. The van der Waals surface area contributed by atoms with Crippen molar-refractivity contribution in [3.05, 3.63) is 27.7 Å². The Hall–Kier alpha value is -1.12. The maximum absolute atomic E-state index is 4.36. The number of aliphatic imine (C=N–C) groups is 1. The predicted molar refractivity (Wildman–Crippen MR) is 97.4 cm³/mol. The van der Waals surface area contributed by atoms with E-state index >= 15 is 0 Å². The van der Waals surface area contributed by atoms with Crippen molar-refractivity contribution in [1.82, 2.24) is 20.6 Å². The molecule has 0 bridgehead atoms. The van der Waals surface area contributed by atoms with Crippen LogP contribution in [0.25, 0.3) is 0 Å². The first kappa shape index (κ1) is 17.2. The molecule has 0 aromatic carbocycles. The van der Waals surface area contributed by atoms with E-state index < -0.39 is 0 Å². The molecule has 0 saturated heterocycles. The number of hydrogen-bond acceptors (Lipinski definition) is 6. The van der Waals surface area contributed by atoms with Gasteiger partial charge in [0.25, 0.3) is 0 Å². The number of thiazole rings is 2.